The maximum absolute atomic E-state index is 12.6. The quantitative estimate of drug-likeness (QED) is 0.695. The van der Waals surface area contributed by atoms with Crippen molar-refractivity contribution >= 4 is 17.0 Å². The summed E-state index contributed by atoms with van der Waals surface area (Å²) in [5, 5.41) is 0. The zero-order valence-corrected chi connectivity index (χ0v) is 15.6. The average Bonchev–Trinajstić information content (AvgIpc) is 3.10. The normalized spacial score (nSPS) is 14.3. The molecule has 1 aliphatic heterocycles. The van der Waals surface area contributed by atoms with Crippen LogP contribution in [0.2, 0.25) is 0 Å². The molecule has 3 heterocycles. The van der Waals surface area contributed by atoms with Gasteiger partial charge in [0.15, 0.2) is 0 Å². The maximum Gasteiger partial charge on any atom is 0.255 e. The summed E-state index contributed by atoms with van der Waals surface area (Å²) in [6.45, 7) is 4.64. The van der Waals surface area contributed by atoms with Gasteiger partial charge in [-0.05, 0) is 42.8 Å². The predicted octanol–water partition coefficient (Wildman–Crippen LogP) is 3.20. The summed E-state index contributed by atoms with van der Waals surface area (Å²) in [5.74, 6) is 0.619. The van der Waals surface area contributed by atoms with Gasteiger partial charge in [0, 0.05) is 47.1 Å². The Morgan fingerprint density at radius 3 is 2.69 bits per heavy atom. The molecule has 0 fully saturated rings. The van der Waals surface area contributed by atoms with Crippen LogP contribution in [0.15, 0.2) is 41.2 Å². The molecule has 1 aromatic carbocycles. The van der Waals surface area contributed by atoms with E-state index in [-0.39, 0.29) is 5.56 Å². The number of fused-ring (bicyclic) bond motifs is 1. The predicted molar refractivity (Wildman–Crippen MR) is 106 cm³/mol. The van der Waals surface area contributed by atoms with Gasteiger partial charge in [-0.25, -0.2) is 4.98 Å². The first-order valence-corrected chi connectivity index (χ1v) is 9.72. The van der Waals surface area contributed by atoms with Crippen LogP contribution < -0.4 is 11.3 Å². The number of nitrogens with zero attached hydrogens (tertiary/aromatic N) is 2. The minimum Gasteiger partial charge on any atom is -0.399 e. The first-order valence-electron chi connectivity index (χ1n) is 8.90. The van der Waals surface area contributed by atoms with Gasteiger partial charge in [-0.15, -0.1) is 11.3 Å². The van der Waals surface area contributed by atoms with Crippen LogP contribution in [0.1, 0.15) is 27.9 Å². The summed E-state index contributed by atoms with van der Waals surface area (Å²) >= 11 is 1.86. The van der Waals surface area contributed by atoms with Crippen molar-refractivity contribution in [2.24, 2.45) is 0 Å². The average molecular weight is 366 g/mol. The van der Waals surface area contributed by atoms with E-state index in [1.54, 1.807) is 0 Å². The van der Waals surface area contributed by atoms with Gasteiger partial charge >= 0.3 is 0 Å². The van der Waals surface area contributed by atoms with Crippen LogP contribution in [0, 0.1) is 0 Å². The third-order valence-electron chi connectivity index (χ3n) is 4.78. The fourth-order valence-electron chi connectivity index (χ4n) is 3.31. The Bertz CT molecular complexity index is 974. The molecule has 26 heavy (non-hydrogen) atoms. The van der Waals surface area contributed by atoms with Crippen LogP contribution in [-0.2, 0) is 25.9 Å². The lowest BCUT2D eigenvalue weighted by Gasteiger charge is -2.27. The molecular weight excluding hydrogens is 344 g/mol. The van der Waals surface area contributed by atoms with Crippen LogP contribution in [0.25, 0.3) is 11.4 Å². The zero-order chi connectivity index (χ0) is 18.1. The second-order valence-corrected chi connectivity index (χ2v) is 7.90. The summed E-state index contributed by atoms with van der Waals surface area (Å²) in [5.41, 5.74) is 8.99. The van der Waals surface area contributed by atoms with E-state index in [0.717, 1.165) is 42.8 Å². The SMILES string of the molecule is CCc1ccc(CN2CCc3nc(-c4ccc(N)cc4)[nH]c(=O)c3C2)s1. The standard InChI is InChI=1S/C20H22N4OS/c1-2-15-7-8-16(26-15)11-24-10-9-18-17(12-24)20(25)23-19(22-18)13-3-5-14(21)6-4-13/h3-8H,2,9-12,21H2,1H3,(H,22,23,25). The van der Waals surface area contributed by atoms with Gasteiger partial charge < -0.3 is 10.7 Å². The molecule has 0 bridgehead atoms. The number of thiophene rings is 1. The fraction of sp³-hybridized carbons (Fsp3) is 0.300. The first kappa shape index (κ1) is 17.0. The molecule has 3 aromatic rings. The zero-order valence-electron chi connectivity index (χ0n) is 14.8. The molecule has 0 aliphatic carbocycles. The number of anilines is 1. The molecule has 1 aliphatic rings. The topological polar surface area (TPSA) is 75.0 Å². The van der Waals surface area contributed by atoms with Gasteiger partial charge in [0.1, 0.15) is 5.82 Å². The highest BCUT2D eigenvalue weighted by Gasteiger charge is 2.22. The van der Waals surface area contributed by atoms with E-state index in [1.165, 1.54) is 9.75 Å². The monoisotopic (exact) mass is 366 g/mol. The molecule has 5 nitrogen and oxygen atoms in total. The number of aromatic amines is 1. The molecule has 0 spiro atoms. The largest absolute Gasteiger partial charge is 0.399 e. The lowest BCUT2D eigenvalue weighted by Crippen LogP contribution is -2.35. The van der Waals surface area contributed by atoms with Gasteiger partial charge in [-0.1, -0.05) is 6.92 Å². The highest BCUT2D eigenvalue weighted by atomic mass is 32.1. The number of hydrogen-bond acceptors (Lipinski definition) is 5. The van der Waals surface area contributed by atoms with Gasteiger partial charge in [-0.2, -0.15) is 0 Å². The molecule has 0 saturated carbocycles. The van der Waals surface area contributed by atoms with Crippen molar-refractivity contribution in [3.8, 4) is 11.4 Å². The summed E-state index contributed by atoms with van der Waals surface area (Å²) in [6, 6.07) is 11.8. The molecular formula is C20H22N4OS. The lowest BCUT2D eigenvalue weighted by atomic mass is 10.1. The fourth-order valence-corrected chi connectivity index (χ4v) is 4.31. The number of nitrogen functional groups attached to an aromatic ring is 1. The minimum absolute atomic E-state index is 0.0352. The summed E-state index contributed by atoms with van der Waals surface area (Å²) < 4.78 is 0. The van der Waals surface area contributed by atoms with Crippen molar-refractivity contribution in [3.05, 3.63) is 67.8 Å². The van der Waals surface area contributed by atoms with E-state index in [9.17, 15) is 4.79 Å². The van der Waals surface area contributed by atoms with E-state index >= 15 is 0 Å². The third-order valence-corrected chi connectivity index (χ3v) is 5.99. The van der Waals surface area contributed by atoms with Crippen LogP contribution in [-0.4, -0.2) is 21.4 Å². The van der Waals surface area contributed by atoms with Gasteiger partial charge in [0.2, 0.25) is 0 Å². The van der Waals surface area contributed by atoms with Crippen LogP contribution in [0.3, 0.4) is 0 Å². The second-order valence-electron chi connectivity index (χ2n) is 6.64. The molecule has 0 amide bonds. The van der Waals surface area contributed by atoms with Gasteiger partial charge in [0.25, 0.3) is 5.56 Å². The Balaban J connectivity index is 1.56. The second kappa shape index (κ2) is 7.05. The minimum atomic E-state index is -0.0352. The van der Waals surface area contributed by atoms with Gasteiger partial charge in [0.05, 0.1) is 11.3 Å². The molecule has 3 N–H and O–H groups in total. The molecule has 2 aromatic heterocycles. The number of nitrogens with one attached hydrogen (secondary N) is 1. The number of rotatable bonds is 4. The highest BCUT2D eigenvalue weighted by molar-refractivity contribution is 7.11. The van der Waals surface area contributed by atoms with Crippen molar-refractivity contribution in [3.63, 3.8) is 0 Å². The smallest absolute Gasteiger partial charge is 0.255 e. The Morgan fingerprint density at radius 2 is 1.96 bits per heavy atom. The molecule has 0 atom stereocenters. The lowest BCUT2D eigenvalue weighted by molar-refractivity contribution is 0.244. The van der Waals surface area contributed by atoms with Crippen LogP contribution >= 0.6 is 11.3 Å². The number of hydrogen-bond donors (Lipinski definition) is 2. The van der Waals surface area contributed by atoms with Crippen molar-refractivity contribution < 1.29 is 0 Å². The van der Waals surface area contributed by atoms with Crippen LogP contribution in [0.4, 0.5) is 5.69 Å². The van der Waals surface area contributed by atoms with Crippen molar-refractivity contribution in [1.82, 2.24) is 14.9 Å². The molecule has 4 rings (SSSR count). The molecule has 0 saturated heterocycles. The maximum atomic E-state index is 12.6. The number of aryl methyl sites for hydroxylation is 1. The van der Waals surface area contributed by atoms with E-state index in [1.807, 2.05) is 35.6 Å². The highest BCUT2D eigenvalue weighted by Crippen LogP contribution is 2.23. The number of aromatic nitrogens is 2. The Labute approximate surface area is 156 Å². The van der Waals surface area contributed by atoms with Gasteiger partial charge in [-0.3, -0.25) is 9.69 Å². The summed E-state index contributed by atoms with van der Waals surface area (Å²) in [6.07, 6.45) is 1.87. The van der Waals surface area contributed by atoms with Crippen molar-refractivity contribution in [2.75, 3.05) is 12.3 Å². The van der Waals surface area contributed by atoms with Crippen molar-refractivity contribution in [2.45, 2.75) is 32.9 Å². The molecule has 134 valence electrons. The number of benzene rings is 1. The first-order chi connectivity index (χ1) is 12.6. The molecule has 0 radical (unpaired) electrons. The molecule has 6 heteroatoms. The summed E-state index contributed by atoms with van der Waals surface area (Å²) in [4.78, 5) is 25.4. The molecule has 0 unspecified atom stereocenters. The number of nitrogens with two attached hydrogens (primary N) is 1. The Kier molecular flexibility index (Phi) is 4.61. The summed E-state index contributed by atoms with van der Waals surface area (Å²) in [7, 11) is 0. The van der Waals surface area contributed by atoms with E-state index < -0.39 is 0 Å². The Morgan fingerprint density at radius 1 is 1.19 bits per heavy atom. The van der Waals surface area contributed by atoms with E-state index in [2.05, 4.69) is 28.9 Å². The van der Waals surface area contributed by atoms with E-state index in [4.69, 9.17) is 10.7 Å². The third kappa shape index (κ3) is 3.43. The number of H-pyrrole nitrogens is 1. The van der Waals surface area contributed by atoms with E-state index in [0.29, 0.717) is 18.1 Å². The Hall–Kier alpha value is -2.44. The van der Waals surface area contributed by atoms with Crippen molar-refractivity contribution in [1.29, 1.82) is 0 Å². The van der Waals surface area contributed by atoms with Crippen LogP contribution in [0.5, 0.6) is 0 Å².